The zero-order valence-electron chi connectivity index (χ0n) is 7.61. The van der Waals surface area contributed by atoms with Crippen LogP contribution in [0, 0.1) is 11.6 Å². The molecule has 1 heterocycles. The highest BCUT2D eigenvalue weighted by atomic mass is 19.3. The zero-order valence-corrected chi connectivity index (χ0v) is 7.61. The standard InChI is InChI=1S/C9H8F4N2/c10-5-1-15-2-6(11)7(5)8(4-14)3-9(8,12)13/h1-2H,3-4,14H2. The molecule has 2 N–H and O–H groups in total. The Hall–Kier alpha value is -1.17. The second-order valence-electron chi connectivity index (χ2n) is 3.65. The highest BCUT2D eigenvalue weighted by molar-refractivity contribution is 5.39. The van der Waals surface area contributed by atoms with Crippen molar-refractivity contribution >= 4 is 0 Å². The molecule has 1 aliphatic carbocycles. The molecule has 0 radical (unpaired) electrons. The summed E-state index contributed by atoms with van der Waals surface area (Å²) in [5, 5.41) is 0. The first-order valence-corrected chi connectivity index (χ1v) is 4.32. The lowest BCUT2D eigenvalue weighted by Gasteiger charge is -2.15. The van der Waals surface area contributed by atoms with Gasteiger partial charge in [-0.3, -0.25) is 4.98 Å². The molecule has 1 aromatic heterocycles. The van der Waals surface area contributed by atoms with E-state index in [4.69, 9.17) is 5.73 Å². The van der Waals surface area contributed by atoms with Crippen LogP contribution in [-0.2, 0) is 5.41 Å². The fourth-order valence-electron chi connectivity index (χ4n) is 1.80. The molecule has 1 atom stereocenters. The maximum atomic E-state index is 13.2. The van der Waals surface area contributed by atoms with Gasteiger partial charge in [0.1, 0.15) is 11.6 Å². The fourth-order valence-corrected chi connectivity index (χ4v) is 1.80. The molecular weight excluding hydrogens is 212 g/mol. The Bertz CT molecular complexity index is 387. The number of hydrogen-bond donors (Lipinski definition) is 1. The first-order valence-electron chi connectivity index (χ1n) is 4.32. The van der Waals surface area contributed by atoms with Gasteiger partial charge in [-0.2, -0.15) is 0 Å². The summed E-state index contributed by atoms with van der Waals surface area (Å²) < 4.78 is 52.6. The van der Waals surface area contributed by atoms with Gasteiger partial charge < -0.3 is 5.73 Å². The van der Waals surface area contributed by atoms with Crippen LogP contribution in [0.15, 0.2) is 12.4 Å². The van der Waals surface area contributed by atoms with Crippen molar-refractivity contribution < 1.29 is 17.6 Å². The zero-order chi connectivity index (χ0) is 11.3. The molecular formula is C9H8F4N2. The molecule has 2 rings (SSSR count). The van der Waals surface area contributed by atoms with E-state index in [1.165, 1.54) is 0 Å². The van der Waals surface area contributed by atoms with Crippen LogP contribution in [0.3, 0.4) is 0 Å². The molecule has 0 amide bonds. The molecule has 1 saturated carbocycles. The Morgan fingerprint density at radius 3 is 2.07 bits per heavy atom. The topological polar surface area (TPSA) is 38.9 Å². The number of pyridine rings is 1. The lowest BCUT2D eigenvalue weighted by atomic mass is 9.95. The van der Waals surface area contributed by atoms with Crippen LogP contribution < -0.4 is 5.73 Å². The third kappa shape index (κ3) is 1.24. The Kier molecular flexibility index (Phi) is 2.01. The van der Waals surface area contributed by atoms with Gasteiger partial charge >= 0.3 is 0 Å². The monoisotopic (exact) mass is 220 g/mol. The smallest absolute Gasteiger partial charge is 0.260 e. The maximum Gasteiger partial charge on any atom is 0.260 e. The Labute approximate surface area is 83.1 Å². The second kappa shape index (κ2) is 2.91. The number of nitrogens with two attached hydrogens (primary N) is 1. The lowest BCUT2D eigenvalue weighted by Crippen LogP contribution is -2.29. The molecule has 15 heavy (non-hydrogen) atoms. The fraction of sp³-hybridized carbons (Fsp3) is 0.444. The van der Waals surface area contributed by atoms with Gasteiger partial charge in [-0.15, -0.1) is 0 Å². The molecule has 0 bridgehead atoms. The minimum Gasteiger partial charge on any atom is -0.329 e. The van der Waals surface area contributed by atoms with Crippen LogP contribution >= 0.6 is 0 Å². The number of hydrogen-bond acceptors (Lipinski definition) is 2. The molecule has 82 valence electrons. The third-order valence-electron chi connectivity index (χ3n) is 2.78. The predicted octanol–water partition coefficient (Wildman–Crippen LogP) is 1.60. The van der Waals surface area contributed by atoms with E-state index in [1.54, 1.807) is 0 Å². The van der Waals surface area contributed by atoms with E-state index in [0.717, 1.165) is 0 Å². The lowest BCUT2D eigenvalue weighted by molar-refractivity contribution is 0.0875. The third-order valence-corrected chi connectivity index (χ3v) is 2.78. The normalized spacial score (nSPS) is 27.8. The SMILES string of the molecule is NCC1(c2c(F)cncc2F)CC1(F)F. The summed E-state index contributed by atoms with van der Waals surface area (Å²) in [4.78, 5) is 3.23. The minimum absolute atomic E-state index is 0.488. The van der Waals surface area contributed by atoms with Crippen LogP contribution in [0.25, 0.3) is 0 Å². The quantitative estimate of drug-likeness (QED) is 0.769. The van der Waals surface area contributed by atoms with Crippen molar-refractivity contribution in [3.8, 4) is 0 Å². The summed E-state index contributed by atoms with van der Waals surface area (Å²) in [5.41, 5.74) is 2.65. The molecule has 1 aromatic rings. The Morgan fingerprint density at radius 1 is 1.27 bits per heavy atom. The number of aromatic nitrogens is 1. The van der Waals surface area contributed by atoms with Crippen LogP contribution in [0.2, 0.25) is 0 Å². The predicted molar refractivity (Wildman–Crippen MR) is 44.4 cm³/mol. The van der Waals surface area contributed by atoms with Gasteiger partial charge in [0.2, 0.25) is 0 Å². The summed E-state index contributed by atoms with van der Waals surface area (Å²) in [5.74, 6) is -5.28. The molecule has 1 aliphatic rings. The van der Waals surface area contributed by atoms with E-state index in [2.05, 4.69) is 4.98 Å². The molecule has 0 aromatic carbocycles. The summed E-state index contributed by atoms with van der Waals surface area (Å²) >= 11 is 0. The summed E-state index contributed by atoms with van der Waals surface area (Å²) in [6.07, 6.45) is 0.808. The first-order chi connectivity index (χ1) is 6.94. The van der Waals surface area contributed by atoms with Gasteiger partial charge in [0.05, 0.1) is 17.8 Å². The minimum atomic E-state index is -3.13. The molecule has 2 nitrogen and oxygen atoms in total. The van der Waals surface area contributed by atoms with Gasteiger partial charge in [0, 0.05) is 18.5 Å². The van der Waals surface area contributed by atoms with Crippen LogP contribution in [-0.4, -0.2) is 17.5 Å². The summed E-state index contributed by atoms with van der Waals surface area (Å²) in [7, 11) is 0. The van der Waals surface area contributed by atoms with E-state index >= 15 is 0 Å². The molecule has 0 aliphatic heterocycles. The van der Waals surface area contributed by atoms with Gasteiger partial charge in [-0.25, -0.2) is 17.6 Å². The van der Waals surface area contributed by atoms with Crippen LogP contribution in [0.5, 0.6) is 0 Å². The van der Waals surface area contributed by atoms with Crippen LogP contribution in [0.4, 0.5) is 17.6 Å². The van der Waals surface area contributed by atoms with Gasteiger partial charge in [0.15, 0.2) is 0 Å². The van der Waals surface area contributed by atoms with Gasteiger partial charge in [-0.05, 0) is 0 Å². The van der Waals surface area contributed by atoms with Crippen molar-refractivity contribution in [2.75, 3.05) is 6.54 Å². The molecule has 0 saturated heterocycles. The molecule has 1 unspecified atom stereocenters. The van der Waals surface area contributed by atoms with Gasteiger partial charge in [0.25, 0.3) is 5.92 Å². The van der Waals surface area contributed by atoms with Crippen molar-refractivity contribution in [1.82, 2.24) is 4.98 Å². The van der Waals surface area contributed by atoms with Crippen molar-refractivity contribution in [2.24, 2.45) is 5.73 Å². The molecule has 6 heteroatoms. The summed E-state index contributed by atoms with van der Waals surface area (Å²) in [6.45, 7) is -0.488. The Balaban J connectivity index is 2.55. The largest absolute Gasteiger partial charge is 0.329 e. The molecule has 0 spiro atoms. The van der Waals surface area contributed by atoms with E-state index in [0.29, 0.717) is 12.4 Å². The second-order valence-corrected chi connectivity index (χ2v) is 3.65. The van der Waals surface area contributed by atoms with E-state index in [9.17, 15) is 17.6 Å². The average molecular weight is 220 g/mol. The number of rotatable bonds is 2. The highest BCUT2D eigenvalue weighted by Gasteiger charge is 2.72. The molecule has 1 fully saturated rings. The average Bonchev–Trinajstić information content (AvgIpc) is 2.69. The highest BCUT2D eigenvalue weighted by Crippen LogP contribution is 2.61. The van der Waals surface area contributed by atoms with Crippen molar-refractivity contribution in [3.05, 3.63) is 29.6 Å². The first kappa shape index (κ1) is 10.4. The van der Waals surface area contributed by atoms with Crippen LogP contribution in [0.1, 0.15) is 12.0 Å². The number of alkyl halides is 2. The van der Waals surface area contributed by atoms with E-state index < -0.39 is 41.5 Å². The Morgan fingerprint density at radius 2 is 1.73 bits per heavy atom. The number of halogens is 4. The van der Waals surface area contributed by atoms with E-state index in [-0.39, 0.29) is 0 Å². The van der Waals surface area contributed by atoms with Crippen molar-refractivity contribution in [1.29, 1.82) is 0 Å². The maximum absolute atomic E-state index is 13.2. The van der Waals surface area contributed by atoms with E-state index in [1.807, 2.05) is 0 Å². The van der Waals surface area contributed by atoms with Crippen molar-refractivity contribution in [3.63, 3.8) is 0 Å². The van der Waals surface area contributed by atoms with Crippen molar-refractivity contribution in [2.45, 2.75) is 17.8 Å². The summed E-state index contributed by atoms with van der Waals surface area (Å²) in [6, 6.07) is 0. The van der Waals surface area contributed by atoms with Gasteiger partial charge in [-0.1, -0.05) is 0 Å². The number of nitrogens with zero attached hydrogens (tertiary/aromatic N) is 1.